The van der Waals surface area contributed by atoms with Crippen LogP contribution in [0.1, 0.15) is 58.3 Å². The maximum atomic E-state index is 6.48. The Labute approximate surface area is 150 Å². The van der Waals surface area contributed by atoms with Gasteiger partial charge in [0.25, 0.3) is 0 Å². The smallest absolute Gasteiger partial charge is 0.0866 e. The van der Waals surface area contributed by atoms with Crippen LogP contribution in [0, 0.1) is 11.8 Å². The highest BCUT2D eigenvalue weighted by Gasteiger charge is 2.49. The second-order valence-corrected chi connectivity index (χ2v) is 13.4. The van der Waals surface area contributed by atoms with Crippen LogP contribution >= 0.6 is 0 Å². The Morgan fingerprint density at radius 2 is 1.75 bits per heavy atom. The average Bonchev–Trinajstić information content (AvgIpc) is 3.06. The number of benzene rings is 1. The van der Waals surface area contributed by atoms with Crippen molar-refractivity contribution in [2.45, 2.75) is 83.0 Å². The molecule has 1 saturated carbocycles. The minimum Gasteiger partial charge on any atom is -0.378 e. The second-order valence-electron chi connectivity index (χ2n) is 8.69. The fourth-order valence-corrected chi connectivity index (χ4v) is 9.51. The lowest BCUT2D eigenvalue weighted by molar-refractivity contribution is 0.0923. The molecule has 0 N–H and O–H groups in total. The van der Waals surface area contributed by atoms with Gasteiger partial charge in [-0.3, -0.25) is 0 Å². The molecule has 24 heavy (non-hydrogen) atoms. The summed E-state index contributed by atoms with van der Waals surface area (Å²) in [6.45, 7) is 8.56. The normalized spacial score (nSPS) is 29.0. The van der Waals surface area contributed by atoms with Crippen molar-refractivity contribution in [1.82, 2.24) is 0 Å². The highest BCUT2D eigenvalue weighted by Crippen LogP contribution is 2.48. The molecule has 134 valence electrons. The van der Waals surface area contributed by atoms with Crippen LogP contribution in [-0.2, 0) is 4.74 Å². The molecule has 2 aliphatic rings. The molecule has 0 radical (unpaired) electrons. The van der Waals surface area contributed by atoms with Gasteiger partial charge in [0.05, 0.1) is 20.8 Å². The molecule has 0 bridgehead atoms. The van der Waals surface area contributed by atoms with E-state index in [-0.39, 0.29) is 0 Å². The zero-order chi connectivity index (χ0) is 17.0. The van der Waals surface area contributed by atoms with Crippen molar-refractivity contribution in [3.63, 3.8) is 0 Å². The molecule has 1 aliphatic heterocycles. The molecule has 0 amide bonds. The monoisotopic (exact) mass is 344 g/mol. The Balaban J connectivity index is 1.86. The maximum Gasteiger partial charge on any atom is 0.0866 e. The van der Waals surface area contributed by atoms with Crippen molar-refractivity contribution >= 4 is 13.3 Å². The lowest BCUT2D eigenvalue weighted by Crippen LogP contribution is -2.51. The molecule has 1 aromatic rings. The van der Waals surface area contributed by atoms with Gasteiger partial charge in [-0.1, -0.05) is 100 Å². The van der Waals surface area contributed by atoms with Gasteiger partial charge in [-0.25, -0.2) is 0 Å². The van der Waals surface area contributed by atoms with E-state index in [0.29, 0.717) is 6.10 Å². The lowest BCUT2D eigenvalue weighted by atomic mass is 9.78. The van der Waals surface area contributed by atoms with E-state index in [1.807, 2.05) is 0 Å². The quantitative estimate of drug-likeness (QED) is 0.596. The van der Waals surface area contributed by atoms with Gasteiger partial charge < -0.3 is 4.74 Å². The fraction of sp³-hybridized carbons (Fsp3) is 0.727. The molecule has 3 rings (SSSR count). The van der Waals surface area contributed by atoms with E-state index >= 15 is 0 Å². The van der Waals surface area contributed by atoms with Crippen molar-refractivity contribution in [1.29, 1.82) is 0 Å². The highest BCUT2D eigenvalue weighted by atomic mass is 28.3. The Bertz CT molecular complexity index is 492. The Hall–Kier alpha value is -0.603. The molecule has 1 nitrogen and oxygen atoms in total. The molecule has 0 spiro atoms. The number of hydrogen-bond donors (Lipinski definition) is 0. The van der Waals surface area contributed by atoms with E-state index in [1.165, 1.54) is 51.4 Å². The average molecular weight is 345 g/mol. The first-order valence-corrected chi connectivity index (χ1v) is 13.4. The summed E-state index contributed by atoms with van der Waals surface area (Å²) in [4.78, 5) is 0. The molecule has 3 atom stereocenters. The third-order valence-electron chi connectivity index (χ3n) is 6.81. The largest absolute Gasteiger partial charge is 0.378 e. The summed E-state index contributed by atoms with van der Waals surface area (Å²) in [7, 11) is -1.53. The van der Waals surface area contributed by atoms with Crippen LogP contribution in [0.2, 0.25) is 18.6 Å². The highest BCUT2D eigenvalue weighted by molar-refractivity contribution is 6.91. The van der Waals surface area contributed by atoms with Crippen molar-refractivity contribution in [2.75, 3.05) is 6.61 Å². The van der Waals surface area contributed by atoms with Gasteiger partial charge in [-0.15, -0.1) is 0 Å². The van der Waals surface area contributed by atoms with Gasteiger partial charge in [0.15, 0.2) is 0 Å². The SMILES string of the molecule is CCCC[C@H]1OCC(C2CCCCC2)[C@@H]1[Si](C)(C)c1ccccc1. The number of rotatable bonds is 6. The minimum atomic E-state index is -1.53. The Kier molecular flexibility index (Phi) is 6.20. The molecular formula is C22H36OSi. The van der Waals surface area contributed by atoms with Crippen LogP contribution in [0.4, 0.5) is 0 Å². The molecule has 2 fully saturated rings. The van der Waals surface area contributed by atoms with Gasteiger partial charge in [-0.05, 0) is 23.8 Å². The van der Waals surface area contributed by atoms with Gasteiger partial charge in [-0.2, -0.15) is 0 Å². The van der Waals surface area contributed by atoms with Crippen molar-refractivity contribution in [3.8, 4) is 0 Å². The van der Waals surface area contributed by atoms with Crippen LogP contribution in [0.25, 0.3) is 0 Å². The third-order valence-corrected chi connectivity index (χ3v) is 11.1. The Morgan fingerprint density at radius 1 is 1.04 bits per heavy atom. The van der Waals surface area contributed by atoms with E-state index < -0.39 is 8.07 Å². The predicted molar refractivity (Wildman–Crippen MR) is 107 cm³/mol. The van der Waals surface area contributed by atoms with E-state index in [0.717, 1.165) is 24.0 Å². The summed E-state index contributed by atoms with van der Waals surface area (Å²) in [5.74, 6) is 1.74. The topological polar surface area (TPSA) is 9.23 Å². The second kappa shape index (κ2) is 8.18. The summed E-state index contributed by atoms with van der Waals surface area (Å²) in [6.07, 6.45) is 11.6. The van der Waals surface area contributed by atoms with Crippen LogP contribution in [-0.4, -0.2) is 20.8 Å². The molecule has 1 saturated heterocycles. The number of ether oxygens (including phenoxy) is 1. The molecule has 1 heterocycles. The summed E-state index contributed by atoms with van der Waals surface area (Å²) >= 11 is 0. The first-order chi connectivity index (χ1) is 11.6. The molecule has 1 aliphatic carbocycles. The van der Waals surface area contributed by atoms with Crippen molar-refractivity contribution in [2.24, 2.45) is 11.8 Å². The summed E-state index contributed by atoms with van der Waals surface area (Å²) in [5.41, 5.74) is 0.801. The van der Waals surface area contributed by atoms with Crippen molar-refractivity contribution < 1.29 is 4.74 Å². The van der Waals surface area contributed by atoms with Crippen molar-refractivity contribution in [3.05, 3.63) is 30.3 Å². The number of unbranched alkanes of at least 4 members (excludes halogenated alkanes) is 1. The fourth-order valence-electron chi connectivity index (χ4n) is 5.44. The summed E-state index contributed by atoms with van der Waals surface area (Å²) < 4.78 is 6.48. The minimum absolute atomic E-state index is 0.513. The zero-order valence-electron chi connectivity index (χ0n) is 16.0. The standard InChI is InChI=1S/C22H36OSi/c1-4-5-16-21-22(24(2,3)19-14-10-7-11-15-19)20(17-23-21)18-12-8-6-9-13-18/h7,10-11,14-15,18,20-22H,4-6,8-9,12-13,16-17H2,1-3H3/t20?,21-,22+/m1/s1. The molecule has 1 unspecified atom stereocenters. The van der Waals surface area contributed by atoms with E-state index in [1.54, 1.807) is 5.19 Å². The van der Waals surface area contributed by atoms with Gasteiger partial charge in [0.1, 0.15) is 0 Å². The van der Waals surface area contributed by atoms with Crippen LogP contribution in [0.5, 0.6) is 0 Å². The molecule has 1 aromatic carbocycles. The molecular weight excluding hydrogens is 308 g/mol. The maximum absolute atomic E-state index is 6.48. The van der Waals surface area contributed by atoms with Gasteiger partial charge in [0.2, 0.25) is 0 Å². The van der Waals surface area contributed by atoms with Crippen LogP contribution in [0.15, 0.2) is 30.3 Å². The zero-order valence-corrected chi connectivity index (χ0v) is 17.0. The summed E-state index contributed by atoms with van der Waals surface area (Å²) in [5, 5.41) is 1.63. The van der Waals surface area contributed by atoms with E-state index in [2.05, 4.69) is 50.3 Å². The first-order valence-electron chi connectivity index (χ1n) is 10.3. The lowest BCUT2D eigenvalue weighted by Gasteiger charge is -2.40. The predicted octanol–water partition coefficient (Wildman–Crippen LogP) is 5.76. The molecule has 2 heteroatoms. The number of hydrogen-bond acceptors (Lipinski definition) is 1. The van der Waals surface area contributed by atoms with Crippen LogP contribution < -0.4 is 5.19 Å². The first kappa shape index (κ1) is 18.2. The van der Waals surface area contributed by atoms with Gasteiger partial charge >= 0.3 is 0 Å². The molecule has 0 aromatic heterocycles. The Morgan fingerprint density at radius 3 is 2.42 bits per heavy atom. The third kappa shape index (κ3) is 3.80. The van der Waals surface area contributed by atoms with Crippen LogP contribution in [0.3, 0.4) is 0 Å². The van der Waals surface area contributed by atoms with E-state index in [4.69, 9.17) is 4.74 Å². The van der Waals surface area contributed by atoms with Gasteiger partial charge in [0, 0.05) is 0 Å². The van der Waals surface area contributed by atoms with E-state index in [9.17, 15) is 0 Å². The summed E-state index contributed by atoms with van der Waals surface area (Å²) in [6, 6.07) is 11.4.